The van der Waals surface area contributed by atoms with Crippen molar-refractivity contribution in [1.82, 2.24) is 0 Å². The molecule has 0 spiro atoms. The molecular weight excluding hydrogens is 372 g/mol. The van der Waals surface area contributed by atoms with E-state index in [-0.39, 0.29) is 0 Å². The van der Waals surface area contributed by atoms with Gasteiger partial charge in [-0.1, -0.05) is 174 Å². The summed E-state index contributed by atoms with van der Waals surface area (Å²) in [5.74, 6) is 0. The maximum absolute atomic E-state index is 4.34. The molecule has 0 aliphatic rings. The van der Waals surface area contributed by atoms with Gasteiger partial charge in [0.1, 0.15) is 0 Å². The monoisotopic (exact) mass is 434 g/mol. The summed E-state index contributed by atoms with van der Waals surface area (Å²) in [5.41, 5.74) is 1.52. The highest BCUT2D eigenvalue weighted by Crippen LogP contribution is 2.18. The van der Waals surface area contributed by atoms with Crippen molar-refractivity contribution >= 4 is 0 Å². The van der Waals surface area contributed by atoms with Crippen LogP contribution in [0, 0.1) is 0 Å². The van der Waals surface area contributed by atoms with Gasteiger partial charge in [0.15, 0.2) is 0 Å². The Morgan fingerprint density at radius 3 is 0.742 bits per heavy atom. The lowest BCUT2D eigenvalue weighted by atomic mass is 10.00. The number of rotatable bonds is 27. The van der Waals surface area contributed by atoms with Gasteiger partial charge in [-0.2, -0.15) is 0 Å². The normalized spacial score (nSPS) is 11.3. The van der Waals surface area contributed by atoms with E-state index in [1.165, 1.54) is 179 Å². The lowest BCUT2D eigenvalue weighted by Crippen LogP contribution is -1.87. The minimum atomic E-state index is 1.29. The molecule has 0 aromatic heterocycles. The number of hydrogen-bond donors (Lipinski definition) is 0. The van der Waals surface area contributed by atoms with Crippen LogP contribution in [0.3, 0.4) is 0 Å². The summed E-state index contributed by atoms with van der Waals surface area (Å²) in [7, 11) is 0. The maximum Gasteiger partial charge on any atom is -0.0323 e. The second-order valence-corrected chi connectivity index (χ2v) is 10.4. The van der Waals surface area contributed by atoms with Crippen molar-refractivity contribution in [2.24, 2.45) is 0 Å². The van der Waals surface area contributed by atoms with E-state index in [4.69, 9.17) is 0 Å². The topological polar surface area (TPSA) is 0 Å². The summed E-state index contributed by atoms with van der Waals surface area (Å²) in [6.07, 6.45) is 38.7. The minimum Gasteiger partial charge on any atom is -0.0999 e. The average molecular weight is 435 g/mol. The predicted octanol–water partition coefficient (Wildman–Crippen LogP) is 12.1. The zero-order chi connectivity index (χ0) is 22.7. The van der Waals surface area contributed by atoms with Crippen LogP contribution >= 0.6 is 0 Å². The molecule has 0 saturated carbocycles. The van der Waals surface area contributed by atoms with Gasteiger partial charge in [0.2, 0.25) is 0 Å². The molecule has 0 radical (unpaired) electrons. The number of allylic oxidation sites excluding steroid dienone is 1. The lowest BCUT2D eigenvalue weighted by molar-refractivity contribution is 0.533. The molecule has 0 fully saturated rings. The SMILES string of the molecule is C=C(CCCCCCCCCCCCC)CCCCCCCCCCCCCCCC. The van der Waals surface area contributed by atoms with Crippen LogP contribution in [0.5, 0.6) is 0 Å². The Kier molecular flexibility index (Phi) is 27.5. The van der Waals surface area contributed by atoms with E-state index >= 15 is 0 Å². The van der Waals surface area contributed by atoms with Crippen molar-refractivity contribution < 1.29 is 0 Å². The van der Waals surface area contributed by atoms with Crippen LogP contribution in [0.2, 0.25) is 0 Å². The van der Waals surface area contributed by atoms with E-state index in [0.717, 1.165) is 0 Å². The molecule has 0 aromatic carbocycles. The summed E-state index contributed by atoms with van der Waals surface area (Å²) in [6.45, 7) is 8.94. The van der Waals surface area contributed by atoms with Gasteiger partial charge in [-0.05, 0) is 25.7 Å². The summed E-state index contributed by atoms with van der Waals surface area (Å²) in [5, 5.41) is 0. The molecule has 186 valence electrons. The van der Waals surface area contributed by atoms with Gasteiger partial charge < -0.3 is 0 Å². The molecule has 0 amide bonds. The zero-order valence-electron chi connectivity index (χ0n) is 22.3. The molecule has 0 rings (SSSR count). The zero-order valence-corrected chi connectivity index (χ0v) is 22.3. The molecule has 0 bridgehead atoms. The van der Waals surface area contributed by atoms with Gasteiger partial charge in [0.05, 0.1) is 0 Å². The molecule has 0 heteroatoms. The average Bonchev–Trinajstić information content (AvgIpc) is 2.77. The smallest absolute Gasteiger partial charge is 0.0323 e. The molecule has 0 atom stereocenters. The van der Waals surface area contributed by atoms with Crippen LogP contribution in [0.25, 0.3) is 0 Å². The molecule has 0 aliphatic carbocycles. The Balaban J connectivity index is 3.13. The lowest BCUT2D eigenvalue weighted by Gasteiger charge is -2.07. The van der Waals surface area contributed by atoms with E-state index in [9.17, 15) is 0 Å². The minimum absolute atomic E-state index is 1.29. The fraction of sp³-hybridized carbons (Fsp3) is 0.935. The van der Waals surface area contributed by atoms with Crippen LogP contribution < -0.4 is 0 Å². The van der Waals surface area contributed by atoms with Gasteiger partial charge in [-0.3, -0.25) is 0 Å². The molecule has 0 saturated heterocycles. The van der Waals surface area contributed by atoms with Crippen molar-refractivity contribution in [1.29, 1.82) is 0 Å². The largest absolute Gasteiger partial charge is 0.0999 e. The first-order valence-corrected chi connectivity index (χ1v) is 15.0. The van der Waals surface area contributed by atoms with Gasteiger partial charge >= 0.3 is 0 Å². The predicted molar refractivity (Wildman–Crippen MR) is 145 cm³/mol. The number of hydrogen-bond acceptors (Lipinski definition) is 0. The third-order valence-electron chi connectivity index (χ3n) is 7.02. The molecule has 0 aliphatic heterocycles. The van der Waals surface area contributed by atoms with Crippen LogP contribution in [0.4, 0.5) is 0 Å². The summed E-state index contributed by atoms with van der Waals surface area (Å²) >= 11 is 0. The molecule has 31 heavy (non-hydrogen) atoms. The Morgan fingerprint density at radius 1 is 0.323 bits per heavy atom. The van der Waals surface area contributed by atoms with Crippen LogP contribution in [-0.2, 0) is 0 Å². The second kappa shape index (κ2) is 27.8. The Bertz CT molecular complexity index is 329. The molecule has 0 unspecified atom stereocenters. The molecule has 0 nitrogen and oxygen atoms in total. The van der Waals surface area contributed by atoms with E-state index in [1.54, 1.807) is 0 Å². The van der Waals surface area contributed by atoms with E-state index in [0.29, 0.717) is 0 Å². The van der Waals surface area contributed by atoms with Crippen molar-refractivity contribution in [3.8, 4) is 0 Å². The molecular formula is C31H62. The van der Waals surface area contributed by atoms with Gasteiger partial charge in [0, 0.05) is 0 Å². The van der Waals surface area contributed by atoms with E-state index in [2.05, 4.69) is 20.4 Å². The Morgan fingerprint density at radius 2 is 0.516 bits per heavy atom. The van der Waals surface area contributed by atoms with Crippen molar-refractivity contribution in [2.75, 3.05) is 0 Å². The fourth-order valence-corrected chi connectivity index (χ4v) is 4.73. The standard InChI is InChI=1S/C31H62/c1-4-6-8-10-12-14-16-17-18-20-22-24-26-28-30-31(3)29-27-25-23-21-19-15-13-11-9-7-5-2/h3-30H2,1-2H3. The maximum atomic E-state index is 4.34. The third kappa shape index (κ3) is 27.7. The highest BCUT2D eigenvalue weighted by Gasteiger charge is 1.98. The Labute approximate surface area is 199 Å². The van der Waals surface area contributed by atoms with Gasteiger partial charge in [-0.25, -0.2) is 0 Å². The highest BCUT2D eigenvalue weighted by molar-refractivity contribution is 4.93. The number of unbranched alkanes of at least 4 members (excludes halogenated alkanes) is 23. The van der Waals surface area contributed by atoms with Crippen LogP contribution in [-0.4, -0.2) is 0 Å². The van der Waals surface area contributed by atoms with Crippen LogP contribution in [0.15, 0.2) is 12.2 Å². The molecule has 0 aromatic rings. The van der Waals surface area contributed by atoms with E-state index < -0.39 is 0 Å². The van der Waals surface area contributed by atoms with Crippen LogP contribution in [0.1, 0.15) is 187 Å². The third-order valence-corrected chi connectivity index (χ3v) is 7.02. The van der Waals surface area contributed by atoms with Gasteiger partial charge in [-0.15, -0.1) is 0 Å². The highest BCUT2D eigenvalue weighted by atomic mass is 14.0. The van der Waals surface area contributed by atoms with E-state index in [1.807, 2.05) is 0 Å². The first-order chi connectivity index (χ1) is 15.3. The Hall–Kier alpha value is -0.260. The first-order valence-electron chi connectivity index (χ1n) is 15.0. The quantitative estimate of drug-likeness (QED) is 0.0890. The molecule has 0 heterocycles. The summed E-state index contributed by atoms with van der Waals surface area (Å²) in [4.78, 5) is 0. The van der Waals surface area contributed by atoms with Gasteiger partial charge in [0.25, 0.3) is 0 Å². The fourth-order valence-electron chi connectivity index (χ4n) is 4.73. The van der Waals surface area contributed by atoms with Crippen molar-refractivity contribution in [3.05, 3.63) is 12.2 Å². The van der Waals surface area contributed by atoms with Crippen molar-refractivity contribution in [3.63, 3.8) is 0 Å². The first kappa shape index (κ1) is 30.7. The molecule has 0 N–H and O–H groups in total. The second-order valence-electron chi connectivity index (χ2n) is 10.4. The van der Waals surface area contributed by atoms with Crippen molar-refractivity contribution in [2.45, 2.75) is 187 Å². The summed E-state index contributed by atoms with van der Waals surface area (Å²) < 4.78 is 0. The summed E-state index contributed by atoms with van der Waals surface area (Å²) in [6, 6.07) is 0.